The van der Waals surface area contributed by atoms with Crippen molar-refractivity contribution in [2.24, 2.45) is 0 Å². The summed E-state index contributed by atoms with van der Waals surface area (Å²) in [4.78, 5) is 41.7. The largest absolute Gasteiger partial charge is 0.358 e. The van der Waals surface area contributed by atoms with Gasteiger partial charge in [0.25, 0.3) is 17.7 Å². The summed E-state index contributed by atoms with van der Waals surface area (Å²) in [6, 6.07) is 14.7. The van der Waals surface area contributed by atoms with Crippen molar-refractivity contribution >= 4 is 35.1 Å². The van der Waals surface area contributed by atoms with Crippen LogP contribution in [0.15, 0.2) is 61.2 Å². The molecule has 1 aliphatic rings. The first-order chi connectivity index (χ1) is 17.3. The maximum absolute atomic E-state index is 13.0. The number of aromatic nitrogens is 1. The van der Waals surface area contributed by atoms with Crippen LogP contribution < -0.4 is 16.0 Å². The summed E-state index contributed by atoms with van der Waals surface area (Å²) in [7, 11) is 0. The third-order valence-corrected chi connectivity index (χ3v) is 6.34. The molecule has 36 heavy (non-hydrogen) atoms. The van der Waals surface area contributed by atoms with E-state index in [1.165, 1.54) is 0 Å². The van der Waals surface area contributed by atoms with Crippen LogP contribution in [0.1, 0.15) is 68.2 Å². The Morgan fingerprint density at radius 2 is 1.83 bits per heavy atom. The zero-order valence-corrected chi connectivity index (χ0v) is 20.7. The zero-order chi connectivity index (χ0) is 25.8. The standard InChI is InChI=1S/C29H30N4O3/c1-5-6-14-30-29(36)26-17(2)25(31-19(26)4)16-23-22-15-21(12-13-24(22)33-28(23)35)27(34)32-18(3)20-10-8-7-9-11-20/h5,7-13,15-16,18,31H,1,6,14H2,2-4H3,(H,30,36)(H,32,34)(H,33,35)/b23-16-/t18-/m1/s1. The minimum atomic E-state index is -0.260. The molecule has 0 aliphatic carbocycles. The van der Waals surface area contributed by atoms with Crippen molar-refractivity contribution in [1.82, 2.24) is 15.6 Å². The van der Waals surface area contributed by atoms with Crippen molar-refractivity contribution < 1.29 is 14.4 Å². The predicted octanol–water partition coefficient (Wildman–Crippen LogP) is 4.92. The van der Waals surface area contributed by atoms with Gasteiger partial charge in [0, 0.05) is 34.7 Å². The lowest BCUT2D eigenvalue weighted by Gasteiger charge is -2.14. The lowest BCUT2D eigenvalue weighted by molar-refractivity contribution is -0.110. The molecule has 0 saturated carbocycles. The number of hydrogen-bond donors (Lipinski definition) is 4. The minimum Gasteiger partial charge on any atom is -0.358 e. The van der Waals surface area contributed by atoms with Crippen LogP contribution in [-0.2, 0) is 4.79 Å². The summed E-state index contributed by atoms with van der Waals surface area (Å²) in [6.45, 7) is 9.78. The van der Waals surface area contributed by atoms with E-state index in [1.807, 2.05) is 51.1 Å². The summed E-state index contributed by atoms with van der Waals surface area (Å²) in [5.41, 5.74) is 5.89. The number of aromatic amines is 1. The van der Waals surface area contributed by atoms with E-state index in [4.69, 9.17) is 0 Å². The molecule has 3 amide bonds. The number of fused-ring (bicyclic) bond motifs is 1. The Morgan fingerprint density at radius 3 is 2.56 bits per heavy atom. The second-order valence-electron chi connectivity index (χ2n) is 8.88. The summed E-state index contributed by atoms with van der Waals surface area (Å²) < 4.78 is 0. The number of aryl methyl sites for hydroxylation is 1. The lowest BCUT2D eigenvalue weighted by Crippen LogP contribution is -2.26. The summed E-state index contributed by atoms with van der Waals surface area (Å²) in [6.07, 6.45) is 4.17. The Kier molecular flexibility index (Phi) is 7.20. The van der Waals surface area contributed by atoms with Gasteiger partial charge < -0.3 is 20.9 Å². The number of benzene rings is 2. The van der Waals surface area contributed by atoms with Crippen LogP contribution in [0, 0.1) is 13.8 Å². The van der Waals surface area contributed by atoms with Crippen LogP contribution in [0.5, 0.6) is 0 Å². The molecule has 0 saturated heterocycles. The van der Waals surface area contributed by atoms with Gasteiger partial charge in [0.15, 0.2) is 0 Å². The maximum atomic E-state index is 13.0. The van der Waals surface area contributed by atoms with Gasteiger partial charge in [0.1, 0.15) is 0 Å². The molecular weight excluding hydrogens is 452 g/mol. The Labute approximate surface area is 210 Å². The molecule has 1 aliphatic heterocycles. The second-order valence-corrected chi connectivity index (χ2v) is 8.88. The molecule has 0 spiro atoms. The smallest absolute Gasteiger partial charge is 0.256 e. The fourth-order valence-corrected chi connectivity index (χ4v) is 4.36. The first kappa shape index (κ1) is 24.7. The number of carbonyl (C=O) groups is 3. The normalized spacial score (nSPS) is 14.2. The van der Waals surface area contributed by atoms with Crippen molar-refractivity contribution in [3.8, 4) is 0 Å². The molecule has 1 aromatic heterocycles. The second kappa shape index (κ2) is 10.5. The van der Waals surface area contributed by atoms with E-state index in [2.05, 4.69) is 27.5 Å². The Morgan fingerprint density at radius 1 is 1.08 bits per heavy atom. The number of hydrogen-bond acceptors (Lipinski definition) is 3. The van der Waals surface area contributed by atoms with Crippen LogP contribution in [0.25, 0.3) is 11.6 Å². The highest BCUT2D eigenvalue weighted by atomic mass is 16.2. The van der Waals surface area contributed by atoms with Gasteiger partial charge in [0.2, 0.25) is 0 Å². The number of rotatable bonds is 8. The van der Waals surface area contributed by atoms with E-state index < -0.39 is 0 Å². The fraction of sp³-hybridized carbons (Fsp3) is 0.207. The molecule has 0 fully saturated rings. The average molecular weight is 483 g/mol. The number of H-pyrrole nitrogens is 1. The third kappa shape index (κ3) is 5.00. The topological polar surface area (TPSA) is 103 Å². The highest BCUT2D eigenvalue weighted by Gasteiger charge is 2.27. The Hall–Kier alpha value is -4.39. The number of nitrogens with one attached hydrogen (secondary N) is 4. The maximum Gasteiger partial charge on any atom is 0.256 e. The van der Waals surface area contributed by atoms with Crippen molar-refractivity contribution in [1.29, 1.82) is 0 Å². The van der Waals surface area contributed by atoms with E-state index >= 15 is 0 Å². The zero-order valence-electron chi connectivity index (χ0n) is 20.7. The first-order valence-corrected chi connectivity index (χ1v) is 11.9. The quantitative estimate of drug-likeness (QED) is 0.208. The molecule has 2 aromatic carbocycles. The van der Waals surface area contributed by atoms with E-state index in [1.54, 1.807) is 30.4 Å². The summed E-state index contributed by atoms with van der Waals surface area (Å²) >= 11 is 0. The van der Waals surface area contributed by atoms with Gasteiger partial charge in [-0.1, -0.05) is 36.4 Å². The molecule has 3 aromatic rings. The third-order valence-electron chi connectivity index (χ3n) is 6.34. The van der Waals surface area contributed by atoms with Crippen LogP contribution in [0.2, 0.25) is 0 Å². The van der Waals surface area contributed by atoms with Gasteiger partial charge in [-0.15, -0.1) is 6.58 Å². The molecule has 0 unspecified atom stereocenters. The molecule has 2 heterocycles. The number of anilines is 1. The van der Waals surface area contributed by atoms with Crippen molar-refractivity contribution in [3.63, 3.8) is 0 Å². The lowest BCUT2D eigenvalue weighted by atomic mass is 10.0. The van der Waals surface area contributed by atoms with Gasteiger partial charge >= 0.3 is 0 Å². The molecule has 184 valence electrons. The highest BCUT2D eigenvalue weighted by molar-refractivity contribution is 6.35. The molecule has 4 N–H and O–H groups in total. The molecule has 0 radical (unpaired) electrons. The summed E-state index contributed by atoms with van der Waals surface area (Å²) in [5, 5.41) is 8.75. The van der Waals surface area contributed by atoms with E-state index in [0.717, 1.165) is 16.8 Å². The van der Waals surface area contributed by atoms with Crippen molar-refractivity contribution in [3.05, 3.63) is 100 Å². The van der Waals surface area contributed by atoms with E-state index in [-0.39, 0.29) is 23.8 Å². The first-order valence-electron chi connectivity index (χ1n) is 11.9. The van der Waals surface area contributed by atoms with E-state index in [0.29, 0.717) is 46.6 Å². The number of carbonyl (C=O) groups excluding carboxylic acids is 3. The van der Waals surface area contributed by atoms with Crippen molar-refractivity contribution in [2.45, 2.75) is 33.2 Å². The molecule has 0 bridgehead atoms. The van der Waals surface area contributed by atoms with Gasteiger partial charge in [-0.25, -0.2) is 0 Å². The molecule has 1 atom stereocenters. The van der Waals surface area contributed by atoms with Gasteiger partial charge in [0.05, 0.1) is 17.2 Å². The number of amides is 3. The minimum absolute atomic E-state index is 0.165. The monoisotopic (exact) mass is 482 g/mol. The van der Waals surface area contributed by atoms with Gasteiger partial charge in [-0.05, 0) is 62.6 Å². The molecule has 7 heteroatoms. The van der Waals surface area contributed by atoms with Gasteiger partial charge in [-0.2, -0.15) is 0 Å². The molecular formula is C29H30N4O3. The van der Waals surface area contributed by atoms with Crippen LogP contribution in [-0.4, -0.2) is 29.3 Å². The molecule has 4 rings (SSSR count). The Balaban J connectivity index is 1.60. The fourth-order valence-electron chi connectivity index (χ4n) is 4.36. The SMILES string of the molecule is C=CCCNC(=O)c1c(C)[nH]c(/C=C2\C(=O)Nc3ccc(C(=O)N[C@H](C)c4ccccc4)cc32)c1C. The average Bonchev–Trinajstić information content (AvgIpc) is 3.33. The summed E-state index contributed by atoms with van der Waals surface area (Å²) in [5.74, 6) is -0.655. The van der Waals surface area contributed by atoms with Crippen LogP contribution in [0.3, 0.4) is 0 Å². The predicted molar refractivity (Wildman–Crippen MR) is 143 cm³/mol. The Bertz CT molecular complexity index is 1370. The van der Waals surface area contributed by atoms with Crippen molar-refractivity contribution in [2.75, 3.05) is 11.9 Å². The van der Waals surface area contributed by atoms with Crippen LogP contribution in [0.4, 0.5) is 5.69 Å². The highest BCUT2D eigenvalue weighted by Crippen LogP contribution is 2.35. The van der Waals surface area contributed by atoms with Crippen LogP contribution >= 0.6 is 0 Å². The van der Waals surface area contributed by atoms with Gasteiger partial charge in [-0.3, -0.25) is 14.4 Å². The van der Waals surface area contributed by atoms with E-state index in [9.17, 15) is 14.4 Å². The molecule has 7 nitrogen and oxygen atoms in total.